The van der Waals surface area contributed by atoms with Gasteiger partial charge in [-0.1, -0.05) is 20.8 Å². The lowest BCUT2D eigenvalue weighted by Crippen LogP contribution is -2.33. The van der Waals surface area contributed by atoms with Crippen LogP contribution in [0.2, 0.25) is 0 Å². The Morgan fingerprint density at radius 2 is 1.73 bits per heavy atom. The Morgan fingerprint density at radius 3 is 2.20 bits per heavy atom. The lowest BCUT2D eigenvalue weighted by molar-refractivity contribution is -0.180. The van der Waals surface area contributed by atoms with Crippen LogP contribution in [0.15, 0.2) is 0 Å². The molecule has 1 rings (SSSR count). The molecule has 0 radical (unpaired) electrons. The van der Waals surface area contributed by atoms with Gasteiger partial charge in [0, 0.05) is 6.54 Å². The summed E-state index contributed by atoms with van der Waals surface area (Å²) in [5.74, 6) is -0.938. The third kappa shape index (κ3) is 5.40. The summed E-state index contributed by atoms with van der Waals surface area (Å²) >= 11 is 0. The van der Waals surface area contributed by atoms with Crippen molar-refractivity contribution in [3.05, 3.63) is 0 Å². The first-order valence-corrected chi connectivity index (χ1v) is 5.65. The summed E-state index contributed by atoms with van der Waals surface area (Å²) in [5.41, 5.74) is 0. The maximum absolute atomic E-state index is 12.4. The smallest absolute Gasteiger partial charge is 0.306 e. The van der Waals surface area contributed by atoms with Crippen LogP contribution in [-0.2, 0) is 0 Å². The highest BCUT2D eigenvalue weighted by atomic mass is 19.4. The molecular formula is C11H22F3N. The maximum Gasteiger partial charge on any atom is 0.393 e. The van der Waals surface area contributed by atoms with Gasteiger partial charge in [0.1, 0.15) is 0 Å². The summed E-state index contributed by atoms with van der Waals surface area (Å²) in [7, 11) is 1.76. The van der Waals surface area contributed by atoms with E-state index in [0.29, 0.717) is 0 Å². The van der Waals surface area contributed by atoms with Gasteiger partial charge in [0.05, 0.1) is 5.92 Å². The first-order chi connectivity index (χ1) is 6.89. The van der Waals surface area contributed by atoms with Crippen molar-refractivity contribution in [2.75, 3.05) is 20.1 Å². The molecule has 0 amide bonds. The van der Waals surface area contributed by atoms with E-state index >= 15 is 0 Å². The second-order valence-electron chi connectivity index (χ2n) is 4.13. The molecule has 1 aliphatic heterocycles. The zero-order valence-electron chi connectivity index (χ0n) is 10.1. The number of nitrogens with zero attached hydrogens (tertiary/aromatic N) is 1. The van der Waals surface area contributed by atoms with Crippen molar-refractivity contribution in [3.63, 3.8) is 0 Å². The van der Waals surface area contributed by atoms with Gasteiger partial charge in [-0.15, -0.1) is 0 Å². The summed E-state index contributed by atoms with van der Waals surface area (Å²) in [6.45, 7) is 6.85. The SMILES string of the molecule is CC.CC1CCN(C)CC(C(F)(F)F)C1. The molecule has 4 heteroatoms. The predicted octanol–water partition coefficient (Wildman–Crippen LogP) is 3.55. The molecule has 15 heavy (non-hydrogen) atoms. The molecule has 1 saturated heterocycles. The minimum absolute atomic E-state index is 0.161. The van der Waals surface area contributed by atoms with Crippen molar-refractivity contribution in [2.24, 2.45) is 11.8 Å². The Morgan fingerprint density at radius 1 is 1.20 bits per heavy atom. The lowest BCUT2D eigenvalue weighted by Gasteiger charge is -2.22. The first-order valence-electron chi connectivity index (χ1n) is 5.65. The molecule has 1 heterocycles. The molecule has 2 atom stereocenters. The van der Waals surface area contributed by atoms with Crippen LogP contribution in [-0.4, -0.2) is 31.2 Å². The summed E-state index contributed by atoms with van der Waals surface area (Å²) in [6.07, 6.45) is -2.86. The second-order valence-corrected chi connectivity index (χ2v) is 4.13. The number of hydrogen-bond acceptors (Lipinski definition) is 1. The van der Waals surface area contributed by atoms with Crippen LogP contribution in [0.3, 0.4) is 0 Å². The van der Waals surface area contributed by atoms with Gasteiger partial charge < -0.3 is 4.90 Å². The molecule has 92 valence electrons. The van der Waals surface area contributed by atoms with Crippen LogP contribution in [0.1, 0.15) is 33.6 Å². The summed E-state index contributed by atoms with van der Waals surface area (Å²) < 4.78 is 37.3. The van der Waals surface area contributed by atoms with E-state index in [1.54, 1.807) is 11.9 Å². The van der Waals surface area contributed by atoms with Crippen molar-refractivity contribution in [2.45, 2.75) is 39.8 Å². The quantitative estimate of drug-likeness (QED) is 0.609. The Hall–Kier alpha value is -0.250. The molecule has 0 aliphatic carbocycles. The van der Waals surface area contributed by atoms with Crippen molar-refractivity contribution in [1.29, 1.82) is 0 Å². The highest BCUT2D eigenvalue weighted by molar-refractivity contribution is 4.77. The van der Waals surface area contributed by atoms with E-state index in [4.69, 9.17) is 0 Å². The van der Waals surface area contributed by atoms with Gasteiger partial charge in [-0.05, 0) is 32.4 Å². The van der Waals surface area contributed by atoms with Crippen LogP contribution < -0.4 is 0 Å². The minimum atomic E-state index is -4.02. The number of likely N-dealkylation sites (tertiary alicyclic amines) is 1. The standard InChI is InChI=1S/C9H16F3N.C2H6/c1-7-3-4-13(2)6-8(5-7)9(10,11)12;1-2/h7-8H,3-6H2,1-2H3;1-2H3. The van der Waals surface area contributed by atoms with Crippen molar-refractivity contribution < 1.29 is 13.2 Å². The van der Waals surface area contributed by atoms with Gasteiger partial charge in [0.25, 0.3) is 0 Å². The molecule has 0 spiro atoms. The average Bonchev–Trinajstić information content (AvgIpc) is 2.31. The topological polar surface area (TPSA) is 3.24 Å². The fourth-order valence-electron chi connectivity index (χ4n) is 1.82. The van der Waals surface area contributed by atoms with Crippen LogP contribution in [0.4, 0.5) is 13.2 Å². The van der Waals surface area contributed by atoms with Crippen LogP contribution in [0.25, 0.3) is 0 Å². The van der Waals surface area contributed by atoms with E-state index in [1.807, 2.05) is 20.8 Å². The molecule has 0 saturated carbocycles. The average molecular weight is 225 g/mol. The monoisotopic (exact) mass is 225 g/mol. The molecular weight excluding hydrogens is 203 g/mol. The van der Waals surface area contributed by atoms with Crippen LogP contribution in [0.5, 0.6) is 0 Å². The minimum Gasteiger partial charge on any atom is -0.306 e. The predicted molar refractivity (Wildman–Crippen MR) is 56.8 cm³/mol. The number of rotatable bonds is 0. The van der Waals surface area contributed by atoms with Gasteiger partial charge in [-0.25, -0.2) is 0 Å². The van der Waals surface area contributed by atoms with E-state index in [1.165, 1.54) is 0 Å². The molecule has 0 N–H and O–H groups in total. The molecule has 1 aliphatic rings. The highest BCUT2D eigenvalue weighted by Crippen LogP contribution is 2.34. The molecule has 0 aromatic heterocycles. The first kappa shape index (κ1) is 14.8. The van der Waals surface area contributed by atoms with Crippen LogP contribution in [0, 0.1) is 11.8 Å². The third-order valence-electron chi connectivity index (χ3n) is 2.69. The molecule has 0 bridgehead atoms. The zero-order chi connectivity index (χ0) is 12.1. The van der Waals surface area contributed by atoms with Gasteiger partial charge in [-0.3, -0.25) is 0 Å². The van der Waals surface area contributed by atoms with Crippen molar-refractivity contribution in [3.8, 4) is 0 Å². The number of alkyl halides is 3. The van der Waals surface area contributed by atoms with E-state index in [0.717, 1.165) is 13.0 Å². The lowest BCUT2D eigenvalue weighted by atomic mass is 9.95. The van der Waals surface area contributed by atoms with Gasteiger partial charge >= 0.3 is 6.18 Å². The van der Waals surface area contributed by atoms with E-state index in [9.17, 15) is 13.2 Å². The van der Waals surface area contributed by atoms with Gasteiger partial charge in [0.2, 0.25) is 0 Å². The molecule has 1 nitrogen and oxygen atoms in total. The van der Waals surface area contributed by atoms with E-state index in [2.05, 4.69) is 0 Å². The normalized spacial score (nSPS) is 29.0. The largest absolute Gasteiger partial charge is 0.393 e. The van der Waals surface area contributed by atoms with E-state index in [-0.39, 0.29) is 18.9 Å². The number of halogens is 3. The molecule has 0 aromatic rings. The summed E-state index contributed by atoms with van der Waals surface area (Å²) in [6, 6.07) is 0. The Kier molecular flexibility index (Phi) is 6.25. The summed E-state index contributed by atoms with van der Waals surface area (Å²) in [5, 5.41) is 0. The molecule has 0 aromatic carbocycles. The number of hydrogen-bond donors (Lipinski definition) is 0. The van der Waals surface area contributed by atoms with Gasteiger partial charge in [0.15, 0.2) is 0 Å². The third-order valence-corrected chi connectivity index (χ3v) is 2.69. The highest BCUT2D eigenvalue weighted by Gasteiger charge is 2.41. The molecule has 1 fully saturated rings. The van der Waals surface area contributed by atoms with E-state index < -0.39 is 12.1 Å². The Labute approximate surface area is 90.6 Å². The fourth-order valence-corrected chi connectivity index (χ4v) is 1.82. The van der Waals surface area contributed by atoms with Crippen molar-refractivity contribution >= 4 is 0 Å². The Balaban J connectivity index is 0.000000921. The second kappa shape index (κ2) is 6.36. The summed E-state index contributed by atoms with van der Waals surface area (Å²) in [4.78, 5) is 1.78. The Bertz CT molecular complexity index is 156. The fraction of sp³-hybridized carbons (Fsp3) is 1.00. The molecule has 2 unspecified atom stereocenters. The van der Waals surface area contributed by atoms with Crippen LogP contribution >= 0.6 is 0 Å². The maximum atomic E-state index is 12.4. The zero-order valence-corrected chi connectivity index (χ0v) is 10.1. The van der Waals surface area contributed by atoms with Gasteiger partial charge in [-0.2, -0.15) is 13.2 Å². The van der Waals surface area contributed by atoms with Crippen molar-refractivity contribution in [1.82, 2.24) is 4.90 Å².